The number of hydrogen-bond acceptors (Lipinski definition) is 4. The number of carbonyl (C=O) groups is 1. The van der Waals surface area contributed by atoms with Crippen LogP contribution >= 0.6 is 0 Å². The number of nitro groups is 1. The number of primary amides is 1. The van der Waals surface area contributed by atoms with E-state index < -0.39 is 10.8 Å². The summed E-state index contributed by atoms with van der Waals surface area (Å²) < 4.78 is 4.91. The number of ether oxygens (including phenoxy) is 1. The molecule has 2 N–H and O–H groups in total. The molecule has 0 aliphatic carbocycles. The molecule has 0 saturated carbocycles. The molecule has 0 heterocycles. The summed E-state index contributed by atoms with van der Waals surface area (Å²) in [4.78, 5) is 20.6. The van der Waals surface area contributed by atoms with E-state index in [1.165, 1.54) is 19.2 Å². The van der Waals surface area contributed by atoms with Crippen molar-refractivity contribution in [2.24, 2.45) is 5.73 Å². The van der Waals surface area contributed by atoms with Crippen LogP contribution in [0.4, 0.5) is 5.69 Å². The first-order valence-electron chi connectivity index (χ1n) is 4.63. The van der Waals surface area contributed by atoms with Crippen LogP contribution in [0.3, 0.4) is 0 Å². The van der Waals surface area contributed by atoms with E-state index in [1.807, 2.05) is 0 Å². The zero-order valence-electron chi connectivity index (χ0n) is 9.10. The fourth-order valence-corrected chi connectivity index (χ4v) is 1.11. The third-order valence-corrected chi connectivity index (χ3v) is 1.83. The topological polar surface area (TPSA) is 95.5 Å². The summed E-state index contributed by atoms with van der Waals surface area (Å²) in [6.07, 6.45) is -0.0923. The number of nitrogens with zero attached hydrogens (tertiary/aromatic N) is 1. The van der Waals surface area contributed by atoms with Crippen LogP contribution in [-0.4, -0.2) is 17.9 Å². The van der Waals surface area contributed by atoms with Gasteiger partial charge in [0.15, 0.2) is 0 Å². The Balaban J connectivity index is 3.05. The van der Waals surface area contributed by atoms with Gasteiger partial charge < -0.3 is 10.5 Å². The number of methoxy groups -OCH3 is 1. The van der Waals surface area contributed by atoms with E-state index >= 15 is 0 Å². The van der Waals surface area contributed by atoms with Crippen LogP contribution in [0, 0.1) is 22.0 Å². The van der Waals surface area contributed by atoms with E-state index in [9.17, 15) is 14.9 Å². The maximum atomic E-state index is 10.6. The van der Waals surface area contributed by atoms with E-state index in [1.54, 1.807) is 6.07 Å². The minimum absolute atomic E-state index is 0.0923. The second-order valence-electron chi connectivity index (χ2n) is 3.12. The van der Waals surface area contributed by atoms with Crippen LogP contribution in [-0.2, 0) is 4.79 Å². The molecular weight excluding hydrogens is 224 g/mol. The van der Waals surface area contributed by atoms with E-state index in [-0.39, 0.29) is 12.1 Å². The smallest absolute Gasteiger partial charge is 0.274 e. The van der Waals surface area contributed by atoms with Crippen LogP contribution < -0.4 is 10.5 Å². The fourth-order valence-electron chi connectivity index (χ4n) is 1.11. The second kappa shape index (κ2) is 5.51. The van der Waals surface area contributed by atoms with E-state index in [4.69, 9.17) is 10.5 Å². The van der Waals surface area contributed by atoms with Crippen LogP contribution in [0.2, 0.25) is 0 Å². The Bertz CT molecular complexity index is 514. The van der Waals surface area contributed by atoms with Gasteiger partial charge in [0.25, 0.3) is 5.69 Å². The van der Waals surface area contributed by atoms with Crippen LogP contribution in [0.15, 0.2) is 18.2 Å². The quantitative estimate of drug-likeness (QED) is 0.476. The summed E-state index contributed by atoms with van der Waals surface area (Å²) in [7, 11) is 1.40. The molecule has 0 bridgehead atoms. The standard InChI is InChI=1S/C11H10N2O4/c1-17-10-6-8(3-2-4-11(12)14)5-9(7-10)13(15)16/h5-7H,4H2,1H3,(H2,12,14). The van der Waals surface area contributed by atoms with E-state index in [0.717, 1.165) is 0 Å². The van der Waals surface area contributed by atoms with Crippen molar-refractivity contribution in [3.63, 3.8) is 0 Å². The van der Waals surface area contributed by atoms with Gasteiger partial charge in [0.05, 0.1) is 24.5 Å². The maximum absolute atomic E-state index is 10.6. The number of hydrogen-bond donors (Lipinski definition) is 1. The lowest BCUT2D eigenvalue weighted by Crippen LogP contribution is -2.08. The lowest BCUT2D eigenvalue weighted by molar-refractivity contribution is -0.384. The molecule has 0 fully saturated rings. The molecule has 0 unspecified atom stereocenters. The van der Waals surface area contributed by atoms with Crippen molar-refractivity contribution in [3.05, 3.63) is 33.9 Å². The van der Waals surface area contributed by atoms with Crippen LogP contribution in [0.5, 0.6) is 5.75 Å². The van der Waals surface area contributed by atoms with Gasteiger partial charge in [-0.05, 0) is 6.07 Å². The molecule has 6 nitrogen and oxygen atoms in total. The third kappa shape index (κ3) is 3.83. The van der Waals surface area contributed by atoms with Gasteiger partial charge in [-0.2, -0.15) is 0 Å². The Kier molecular flexibility index (Phi) is 4.06. The summed E-state index contributed by atoms with van der Waals surface area (Å²) in [6, 6.07) is 4.14. The highest BCUT2D eigenvalue weighted by molar-refractivity contribution is 5.76. The molecule has 0 aliphatic heterocycles. The molecule has 0 aromatic heterocycles. The second-order valence-corrected chi connectivity index (χ2v) is 3.12. The highest BCUT2D eigenvalue weighted by atomic mass is 16.6. The zero-order valence-corrected chi connectivity index (χ0v) is 9.10. The van der Waals surface area contributed by atoms with Crippen molar-refractivity contribution >= 4 is 11.6 Å². The molecule has 1 rings (SSSR count). The number of rotatable bonds is 3. The number of nitrogens with two attached hydrogens (primary N) is 1. The number of benzene rings is 1. The van der Waals surface area contributed by atoms with Gasteiger partial charge in [-0.3, -0.25) is 14.9 Å². The minimum Gasteiger partial charge on any atom is -0.496 e. The number of amides is 1. The normalized spacial score (nSPS) is 9.00. The first kappa shape index (κ1) is 12.5. The van der Waals surface area contributed by atoms with Gasteiger partial charge in [-0.25, -0.2) is 0 Å². The fraction of sp³-hybridized carbons (Fsp3) is 0.182. The van der Waals surface area contributed by atoms with Gasteiger partial charge in [-0.1, -0.05) is 11.8 Å². The van der Waals surface area contributed by atoms with Crippen molar-refractivity contribution < 1.29 is 14.5 Å². The van der Waals surface area contributed by atoms with Crippen molar-refractivity contribution in [2.75, 3.05) is 7.11 Å². The van der Waals surface area contributed by atoms with Gasteiger partial charge >= 0.3 is 0 Å². The summed E-state index contributed by atoms with van der Waals surface area (Å²) in [5, 5.41) is 10.6. The third-order valence-electron chi connectivity index (χ3n) is 1.83. The molecule has 88 valence electrons. The molecule has 0 atom stereocenters. The van der Waals surface area contributed by atoms with Gasteiger partial charge in [0.1, 0.15) is 5.75 Å². The highest BCUT2D eigenvalue weighted by Gasteiger charge is 2.08. The number of non-ortho nitro benzene ring substituents is 1. The maximum Gasteiger partial charge on any atom is 0.274 e. The SMILES string of the molecule is COc1cc(C#CCC(N)=O)cc([N+](=O)[O-])c1. The summed E-state index contributed by atoms with van der Waals surface area (Å²) in [5.41, 5.74) is 5.20. The van der Waals surface area contributed by atoms with Gasteiger partial charge in [0.2, 0.25) is 5.91 Å². The lowest BCUT2D eigenvalue weighted by atomic mass is 10.2. The molecule has 1 aromatic carbocycles. The predicted octanol–water partition coefficient (Wildman–Crippen LogP) is 0.830. The summed E-state index contributed by atoms with van der Waals surface area (Å²) in [6.45, 7) is 0. The molecule has 0 saturated heterocycles. The first-order chi connectivity index (χ1) is 8.02. The Labute approximate surface area is 97.5 Å². The van der Waals surface area contributed by atoms with Crippen LogP contribution in [0.25, 0.3) is 0 Å². The minimum atomic E-state index is -0.546. The Morgan fingerprint density at radius 2 is 2.24 bits per heavy atom. The highest BCUT2D eigenvalue weighted by Crippen LogP contribution is 2.21. The van der Waals surface area contributed by atoms with Crippen molar-refractivity contribution in [1.82, 2.24) is 0 Å². The van der Waals surface area contributed by atoms with E-state index in [0.29, 0.717) is 11.3 Å². The average Bonchev–Trinajstić information content (AvgIpc) is 2.28. The number of carbonyl (C=O) groups excluding carboxylic acids is 1. The molecule has 17 heavy (non-hydrogen) atoms. The monoisotopic (exact) mass is 234 g/mol. The Hall–Kier alpha value is -2.55. The Morgan fingerprint density at radius 3 is 2.76 bits per heavy atom. The van der Waals surface area contributed by atoms with Crippen molar-refractivity contribution in [1.29, 1.82) is 0 Å². The van der Waals surface area contributed by atoms with Gasteiger partial charge in [0, 0.05) is 11.6 Å². The molecular formula is C11H10N2O4. The largest absolute Gasteiger partial charge is 0.496 e. The van der Waals surface area contributed by atoms with Crippen molar-refractivity contribution in [2.45, 2.75) is 6.42 Å². The Morgan fingerprint density at radius 1 is 1.53 bits per heavy atom. The molecule has 0 aliphatic rings. The molecule has 1 amide bonds. The summed E-state index contributed by atoms with van der Waals surface area (Å²) >= 11 is 0. The lowest BCUT2D eigenvalue weighted by Gasteiger charge is -2.00. The molecule has 1 aromatic rings. The van der Waals surface area contributed by atoms with Gasteiger partial charge in [-0.15, -0.1) is 0 Å². The first-order valence-corrected chi connectivity index (χ1v) is 4.63. The predicted molar refractivity (Wildman–Crippen MR) is 60.3 cm³/mol. The van der Waals surface area contributed by atoms with Crippen molar-refractivity contribution in [3.8, 4) is 17.6 Å². The molecule has 0 spiro atoms. The molecule has 0 radical (unpaired) electrons. The molecule has 6 heteroatoms. The van der Waals surface area contributed by atoms with Crippen LogP contribution in [0.1, 0.15) is 12.0 Å². The zero-order chi connectivity index (χ0) is 12.8. The average molecular weight is 234 g/mol. The summed E-state index contributed by atoms with van der Waals surface area (Å²) in [5.74, 6) is 4.92. The number of nitro benzene ring substituents is 1. The van der Waals surface area contributed by atoms with E-state index in [2.05, 4.69) is 11.8 Å².